The molecule has 0 unspecified atom stereocenters. The van der Waals surface area contributed by atoms with Crippen LogP contribution in [0.4, 0.5) is 5.69 Å². The third-order valence-corrected chi connectivity index (χ3v) is 5.00. The Bertz CT molecular complexity index is 845. The van der Waals surface area contributed by atoms with Crippen molar-refractivity contribution in [3.63, 3.8) is 0 Å². The zero-order valence-electron chi connectivity index (χ0n) is 14.6. The van der Waals surface area contributed by atoms with Crippen LogP contribution < -0.4 is 10.2 Å². The number of hydrogen-bond donors (Lipinski definition) is 1. The van der Waals surface area contributed by atoms with Crippen LogP contribution in [0.5, 0.6) is 0 Å². The number of anilines is 1. The first-order valence-electron chi connectivity index (χ1n) is 8.24. The molecule has 0 fully saturated rings. The molecule has 1 aliphatic rings. The van der Waals surface area contributed by atoms with E-state index in [0.717, 1.165) is 22.4 Å². The molecule has 3 rings (SSSR count). The fourth-order valence-electron chi connectivity index (χ4n) is 3.14. The number of carbonyl (C=O) groups excluding carboxylic acids is 2. The van der Waals surface area contributed by atoms with Crippen molar-refractivity contribution < 1.29 is 9.59 Å². The quantitative estimate of drug-likeness (QED) is 0.910. The van der Waals surface area contributed by atoms with Gasteiger partial charge in [0.2, 0.25) is 11.8 Å². The lowest BCUT2D eigenvalue weighted by molar-refractivity contribution is -0.125. The molecule has 2 aromatic rings. The lowest BCUT2D eigenvalue weighted by Crippen LogP contribution is -2.42. The molecule has 0 aromatic heterocycles. The largest absolute Gasteiger partial charge is 0.350 e. The van der Waals surface area contributed by atoms with Crippen LogP contribution >= 0.6 is 11.6 Å². The van der Waals surface area contributed by atoms with Gasteiger partial charge in [-0.15, -0.1) is 0 Å². The molecule has 0 atom stereocenters. The minimum absolute atomic E-state index is 0.00275. The molecular weight excluding hydrogens is 336 g/mol. The number of benzene rings is 2. The smallest absolute Gasteiger partial charge is 0.240 e. The summed E-state index contributed by atoms with van der Waals surface area (Å²) >= 11 is 6.10. The van der Waals surface area contributed by atoms with Gasteiger partial charge in [-0.3, -0.25) is 9.59 Å². The lowest BCUT2D eigenvalue weighted by Gasteiger charge is -2.20. The van der Waals surface area contributed by atoms with E-state index in [-0.39, 0.29) is 18.4 Å². The Labute approximate surface area is 152 Å². The monoisotopic (exact) mass is 356 g/mol. The molecular formula is C20H21ClN2O2. The predicted molar refractivity (Wildman–Crippen MR) is 99.9 cm³/mol. The van der Waals surface area contributed by atoms with Crippen LogP contribution in [0.15, 0.2) is 42.5 Å². The first-order chi connectivity index (χ1) is 11.8. The van der Waals surface area contributed by atoms with Gasteiger partial charge in [-0.05, 0) is 44.0 Å². The number of nitrogens with zero attached hydrogens (tertiary/aromatic N) is 1. The zero-order valence-corrected chi connectivity index (χ0v) is 15.4. The summed E-state index contributed by atoms with van der Waals surface area (Å²) < 4.78 is 0. The van der Waals surface area contributed by atoms with Crippen molar-refractivity contribution in [2.24, 2.45) is 0 Å². The minimum Gasteiger partial charge on any atom is -0.350 e. The second-order valence-electron chi connectivity index (χ2n) is 6.91. The van der Waals surface area contributed by atoms with Crippen molar-refractivity contribution in [3.05, 3.63) is 64.2 Å². The number of aryl methyl sites for hydroxylation is 1. The summed E-state index contributed by atoms with van der Waals surface area (Å²) in [5.74, 6) is -0.265. The van der Waals surface area contributed by atoms with Crippen LogP contribution in [0.1, 0.15) is 30.5 Å². The van der Waals surface area contributed by atoms with E-state index < -0.39 is 5.41 Å². The third-order valence-electron chi connectivity index (χ3n) is 4.63. The molecule has 0 saturated heterocycles. The van der Waals surface area contributed by atoms with Crippen LogP contribution in [0.3, 0.4) is 0 Å². The Hall–Kier alpha value is -2.33. The minimum atomic E-state index is -0.621. The fourth-order valence-corrected chi connectivity index (χ4v) is 3.34. The Morgan fingerprint density at radius 3 is 2.64 bits per heavy atom. The Balaban J connectivity index is 1.74. The maximum absolute atomic E-state index is 12.8. The van der Waals surface area contributed by atoms with E-state index in [4.69, 9.17) is 11.6 Å². The first-order valence-corrected chi connectivity index (χ1v) is 8.61. The summed E-state index contributed by atoms with van der Waals surface area (Å²) in [5.41, 5.74) is 3.11. The normalized spacial score (nSPS) is 15.2. The number of rotatable bonds is 4. The third kappa shape index (κ3) is 3.27. The molecule has 5 heteroatoms. The number of nitrogens with one attached hydrogen (secondary N) is 1. The van der Waals surface area contributed by atoms with Crippen LogP contribution in [0, 0.1) is 6.92 Å². The van der Waals surface area contributed by atoms with Gasteiger partial charge >= 0.3 is 0 Å². The average molecular weight is 357 g/mol. The molecule has 0 radical (unpaired) electrons. The second-order valence-corrected chi connectivity index (χ2v) is 7.31. The molecule has 1 N–H and O–H groups in total. The van der Waals surface area contributed by atoms with Crippen molar-refractivity contribution in [2.45, 2.75) is 32.7 Å². The highest BCUT2D eigenvalue weighted by molar-refractivity contribution is 6.31. The lowest BCUT2D eigenvalue weighted by atomic mass is 9.85. The van der Waals surface area contributed by atoms with E-state index in [1.165, 1.54) is 0 Å². The molecule has 130 valence electrons. The van der Waals surface area contributed by atoms with E-state index in [0.29, 0.717) is 11.6 Å². The molecule has 0 bridgehead atoms. The van der Waals surface area contributed by atoms with Crippen LogP contribution in [0.25, 0.3) is 0 Å². The van der Waals surface area contributed by atoms with E-state index in [2.05, 4.69) is 5.32 Å². The van der Waals surface area contributed by atoms with E-state index in [9.17, 15) is 9.59 Å². The van der Waals surface area contributed by atoms with Gasteiger partial charge in [-0.1, -0.05) is 47.5 Å². The van der Waals surface area contributed by atoms with Crippen molar-refractivity contribution in [1.82, 2.24) is 5.32 Å². The van der Waals surface area contributed by atoms with E-state index >= 15 is 0 Å². The molecule has 0 spiro atoms. The number of hydrogen-bond acceptors (Lipinski definition) is 2. The summed E-state index contributed by atoms with van der Waals surface area (Å²) in [4.78, 5) is 26.7. The van der Waals surface area contributed by atoms with Crippen LogP contribution in [0.2, 0.25) is 5.02 Å². The number of halogens is 1. The maximum atomic E-state index is 12.8. The highest BCUT2D eigenvalue weighted by Gasteiger charge is 2.44. The van der Waals surface area contributed by atoms with Gasteiger partial charge in [0.25, 0.3) is 0 Å². The summed E-state index contributed by atoms with van der Waals surface area (Å²) in [6.45, 7) is 6.14. The summed E-state index contributed by atoms with van der Waals surface area (Å²) in [6, 6.07) is 13.3. The van der Waals surface area contributed by atoms with Gasteiger partial charge in [0.15, 0.2) is 0 Å². The maximum Gasteiger partial charge on any atom is 0.240 e. The van der Waals surface area contributed by atoms with Gasteiger partial charge in [-0.25, -0.2) is 0 Å². The van der Waals surface area contributed by atoms with Gasteiger partial charge < -0.3 is 10.2 Å². The number of carbonyl (C=O) groups is 2. The summed E-state index contributed by atoms with van der Waals surface area (Å²) in [5, 5.41) is 3.45. The molecule has 4 nitrogen and oxygen atoms in total. The topological polar surface area (TPSA) is 49.4 Å². The van der Waals surface area contributed by atoms with Crippen molar-refractivity contribution >= 4 is 29.1 Å². The standard InChI is InChI=1S/C20H21ClN2O2/c1-13-8-9-17-15(10-13)20(2,3)19(25)23(17)12-18(24)22-11-14-6-4-5-7-16(14)21/h4-10H,11-12H2,1-3H3,(H,22,24). The van der Waals surface area contributed by atoms with Gasteiger partial charge in [0, 0.05) is 17.3 Å². The van der Waals surface area contributed by atoms with Gasteiger partial charge in [-0.2, -0.15) is 0 Å². The first kappa shape index (κ1) is 17.5. The predicted octanol–water partition coefficient (Wildman–Crippen LogP) is 3.59. The number of amides is 2. The van der Waals surface area contributed by atoms with E-state index in [1.807, 2.05) is 57.2 Å². The van der Waals surface area contributed by atoms with Crippen LogP contribution in [-0.2, 0) is 21.5 Å². The highest BCUT2D eigenvalue weighted by Crippen LogP contribution is 2.41. The number of fused-ring (bicyclic) bond motifs is 1. The average Bonchev–Trinajstić information content (AvgIpc) is 2.75. The molecule has 1 heterocycles. The summed E-state index contributed by atoms with van der Waals surface area (Å²) in [6.07, 6.45) is 0. The molecule has 2 amide bonds. The summed E-state index contributed by atoms with van der Waals surface area (Å²) in [7, 11) is 0. The molecule has 25 heavy (non-hydrogen) atoms. The van der Waals surface area contributed by atoms with Crippen molar-refractivity contribution in [3.8, 4) is 0 Å². The Morgan fingerprint density at radius 2 is 1.92 bits per heavy atom. The highest BCUT2D eigenvalue weighted by atomic mass is 35.5. The molecule has 2 aromatic carbocycles. The van der Waals surface area contributed by atoms with Gasteiger partial charge in [0.1, 0.15) is 6.54 Å². The molecule has 1 aliphatic heterocycles. The second kappa shape index (κ2) is 6.52. The zero-order chi connectivity index (χ0) is 18.2. The van der Waals surface area contributed by atoms with Gasteiger partial charge in [0.05, 0.1) is 5.41 Å². The van der Waals surface area contributed by atoms with Crippen molar-refractivity contribution in [2.75, 3.05) is 11.4 Å². The Morgan fingerprint density at radius 1 is 1.20 bits per heavy atom. The van der Waals surface area contributed by atoms with Crippen LogP contribution in [-0.4, -0.2) is 18.4 Å². The Kier molecular flexibility index (Phi) is 4.56. The SMILES string of the molecule is Cc1ccc2c(c1)C(C)(C)C(=O)N2CC(=O)NCc1ccccc1Cl. The van der Waals surface area contributed by atoms with E-state index in [1.54, 1.807) is 11.0 Å². The van der Waals surface area contributed by atoms with Crippen molar-refractivity contribution in [1.29, 1.82) is 0 Å². The fraction of sp³-hybridized carbons (Fsp3) is 0.300. The molecule has 0 aliphatic carbocycles. The molecule has 0 saturated carbocycles.